The van der Waals surface area contributed by atoms with E-state index in [0.717, 1.165) is 49.4 Å². The van der Waals surface area contributed by atoms with E-state index in [1.807, 2.05) is 0 Å². The minimum Gasteiger partial charge on any atom is -0.373 e. The van der Waals surface area contributed by atoms with Crippen molar-refractivity contribution in [1.29, 1.82) is 0 Å². The predicted molar refractivity (Wildman–Crippen MR) is 113 cm³/mol. The van der Waals surface area contributed by atoms with Gasteiger partial charge in [-0.05, 0) is 37.5 Å². The molecule has 3 rings (SSSR count). The van der Waals surface area contributed by atoms with E-state index >= 15 is 0 Å². The van der Waals surface area contributed by atoms with Gasteiger partial charge in [-0.1, -0.05) is 31.7 Å². The normalized spacial score (nSPS) is 15.8. The number of aryl methyl sites for hydroxylation is 1. The van der Waals surface area contributed by atoms with Gasteiger partial charge < -0.3 is 16.2 Å². The first kappa shape index (κ1) is 22.4. The molecule has 1 aliphatic rings. The Bertz CT molecular complexity index is 1080. The second-order valence-electron chi connectivity index (χ2n) is 7.90. The Hall–Kier alpha value is -3.27. The van der Waals surface area contributed by atoms with Crippen LogP contribution in [0.25, 0.3) is 5.69 Å². The molecule has 1 saturated carbocycles. The summed E-state index contributed by atoms with van der Waals surface area (Å²) in [6.07, 6.45) is 6.01. The molecule has 2 amide bonds. The Morgan fingerprint density at radius 2 is 1.90 bits per heavy atom. The van der Waals surface area contributed by atoms with Gasteiger partial charge in [-0.2, -0.15) is 9.78 Å². The Morgan fingerprint density at radius 3 is 2.55 bits per heavy atom. The molecule has 0 saturated heterocycles. The average molecular weight is 429 g/mol. The van der Waals surface area contributed by atoms with Crippen molar-refractivity contribution in [3.63, 3.8) is 0 Å². The fourth-order valence-corrected chi connectivity index (χ4v) is 3.86. The largest absolute Gasteiger partial charge is 0.373 e. The summed E-state index contributed by atoms with van der Waals surface area (Å²) in [6.45, 7) is 1.16. The molecule has 2 aromatic rings. The number of hydrogen-bond donors (Lipinski definition) is 3. The Morgan fingerprint density at radius 1 is 1.23 bits per heavy atom. The molecular weight excluding hydrogens is 402 g/mol. The molecule has 1 aliphatic carbocycles. The Labute approximate surface area is 178 Å². The maximum absolute atomic E-state index is 12.8. The van der Waals surface area contributed by atoms with Crippen molar-refractivity contribution >= 4 is 11.8 Å². The van der Waals surface area contributed by atoms with Gasteiger partial charge >= 0.3 is 5.69 Å². The van der Waals surface area contributed by atoms with Crippen LogP contribution in [0, 0.1) is 12.8 Å². The van der Waals surface area contributed by atoms with Crippen molar-refractivity contribution in [1.82, 2.24) is 19.7 Å². The molecule has 1 aromatic heterocycles. The van der Waals surface area contributed by atoms with Gasteiger partial charge in [-0.25, -0.2) is 9.36 Å². The second kappa shape index (κ2) is 9.69. The first-order valence-electron chi connectivity index (χ1n) is 10.4. The van der Waals surface area contributed by atoms with Crippen LogP contribution in [0.15, 0.2) is 34.0 Å². The number of carbonyl (C=O) groups excluding carboxylic acids is 2. The van der Waals surface area contributed by atoms with Gasteiger partial charge in [0.05, 0.1) is 5.69 Å². The van der Waals surface area contributed by atoms with Gasteiger partial charge in [0.15, 0.2) is 0 Å². The molecule has 10 heteroatoms. The number of benzene rings is 1. The maximum Gasteiger partial charge on any atom is 0.352 e. The third-order valence-corrected chi connectivity index (χ3v) is 5.61. The standard InChI is InChI=1S/C21H27N5O5/c1-13-8-9-15(26-21(31)25(12-17(22)27)18(28)11-23-26)10-16(13)20(30)24-19(29)14-6-4-2-3-5-7-14/h8-11,14,19,29H,2-7,12H2,1H3,(H2,22,27)(H,24,30). The van der Waals surface area contributed by atoms with E-state index in [1.165, 1.54) is 6.07 Å². The highest BCUT2D eigenvalue weighted by atomic mass is 16.3. The van der Waals surface area contributed by atoms with Gasteiger partial charge in [0.2, 0.25) is 5.91 Å². The van der Waals surface area contributed by atoms with Gasteiger partial charge in [-0.15, -0.1) is 0 Å². The summed E-state index contributed by atoms with van der Waals surface area (Å²) in [5.41, 5.74) is 4.66. The molecule has 4 N–H and O–H groups in total. The molecule has 1 aromatic carbocycles. The smallest absolute Gasteiger partial charge is 0.352 e. The summed E-state index contributed by atoms with van der Waals surface area (Å²) in [5.74, 6) is -1.29. The van der Waals surface area contributed by atoms with Crippen molar-refractivity contribution in [2.75, 3.05) is 0 Å². The molecule has 0 bridgehead atoms. The molecule has 1 heterocycles. The van der Waals surface area contributed by atoms with Crippen LogP contribution in [0.4, 0.5) is 0 Å². The number of aliphatic hydroxyl groups is 1. The van der Waals surface area contributed by atoms with Crippen LogP contribution >= 0.6 is 0 Å². The molecule has 1 atom stereocenters. The van der Waals surface area contributed by atoms with Gasteiger partial charge in [0.1, 0.15) is 19.0 Å². The highest BCUT2D eigenvalue weighted by Gasteiger charge is 2.23. The molecule has 166 valence electrons. The zero-order valence-electron chi connectivity index (χ0n) is 17.4. The fraction of sp³-hybridized carbons (Fsp3) is 0.476. The summed E-state index contributed by atoms with van der Waals surface area (Å²) < 4.78 is 1.59. The van der Waals surface area contributed by atoms with Crippen LogP contribution in [-0.4, -0.2) is 37.5 Å². The summed E-state index contributed by atoms with van der Waals surface area (Å²) in [7, 11) is 0. The number of aliphatic hydroxyl groups excluding tert-OH is 1. The Kier molecular flexibility index (Phi) is 7.01. The number of amides is 2. The molecule has 0 radical (unpaired) electrons. The monoisotopic (exact) mass is 429 g/mol. The van der Waals surface area contributed by atoms with Gasteiger partial charge in [0, 0.05) is 11.5 Å². The number of nitrogens with one attached hydrogen (secondary N) is 1. The summed E-state index contributed by atoms with van der Waals surface area (Å²) in [6, 6.07) is 4.67. The minimum atomic E-state index is -0.952. The molecule has 10 nitrogen and oxygen atoms in total. The van der Waals surface area contributed by atoms with E-state index in [2.05, 4.69) is 10.4 Å². The van der Waals surface area contributed by atoms with E-state index in [9.17, 15) is 24.3 Å². The number of nitrogens with two attached hydrogens (primary N) is 1. The van der Waals surface area contributed by atoms with E-state index in [1.54, 1.807) is 19.1 Å². The number of carbonyl (C=O) groups is 2. The molecule has 1 fully saturated rings. The first-order chi connectivity index (χ1) is 14.8. The van der Waals surface area contributed by atoms with E-state index in [4.69, 9.17) is 5.73 Å². The van der Waals surface area contributed by atoms with Gasteiger partial charge in [-0.3, -0.25) is 14.4 Å². The molecule has 1 unspecified atom stereocenters. The van der Waals surface area contributed by atoms with Crippen LogP contribution in [-0.2, 0) is 11.3 Å². The average Bonchev–Trinajstić information content (AvgIpc) is 3.01. The predicted octanol–water partition coefficient (Wildman–Crippen LogP) is 0.207. The number of hydrogen-bond acceptors (Lipinski definition) is 6. The lowest BCUT2D eigenvalue weighted by atomic mass is 9.98. The van der Waals surface area contributed by atoms with Crippen LogP contribution in [0.2, 0.25) is 0 Å². The van der Waals surface area contributed by atoms with Crippen molar-refractivity contribution < 1.29 is 14.7 Å². The minimum absolute atomic E-state index is 0.0107. The lowest BCUT2D eigenvalue weighted by Gasteiger charge is -2.22. The van der Waals surface area contributed by atoms with Crippen molar-refractivity contribution in [2.45, 2.75) is 58.2 Å². The maximum atomic E-state index is 12.8. The van der Waals surface area contributed by atoms with Crippen LogP contribution < -0.4 is 22.3 Å². The van der Waals surface area contributed by atoms with Gasteiger partial charge in [0.25, 0.3) is 11.5 Å². The highest BCUT2D eigenvalue weighted by Crippen LogP contribution is 2.25. The van der Waals surface area contributed by atoms with E-state index in [-0.39, 0.29) is 17.2 Å². The zero-order valence-corrected chi connectivity index (χ0v) is 17.4. The topological polar surface area (TPSA) is 149 Å². The number of nitrogens with zero attached hydrogens (tertiary/aromatic N) is 3. The summed E-state index contributed by atoms with van der Waals surface area (Å²) >= 11 is 0. The third-order valence-electron chi connectivity index (χ3n) is 5.61. The Balaban J connectivity index is 1.88. The lowest BCUT2D eigenvalue weighted by molar-refractivity contribution is -0.118. The molecule has 0 spiro atoms. The highest BCUT2D eigenvalue weighted by molar-refractivity contribution is 5.96. The van der Waals surface area contributed by atoms with Crippen LogP contribution in [0.3, 0.4) is 0 Å². The summed E-state index contributed by atoms with van der Waals surface area (Å²) in [5, 5.41) is 17.0. The molecule has 31 heavy (non-hydrogen) atoms. The van der Waals surface area contributed by atoms with E-state index in [0.29, 0.717) is 10.1 Å². The SMILES string of the molecule is Cc1ccc(-n2ncc(=O)n(CC(N)=O)c2=O)cc1C(=O)NC(O)C1CCCCCC1. The molecular formula is C21H27N5O5. The van der Waals surface area contributed by atoms with Crippen molar-refractivity contribution in [3.8, 4) is 5.69 Å². The lowest BCUT2D eigenvalue weighted by Crippen LogP contribution is -2.43. The molecule has 0 aliphatic heterocycles. The van der Waals surface area contributed by atoms with Crippen molar-refractivity contribution in [2.24, 2.45) is 11.7 Å². The summed E-state index contributed by atoms with van der Waals surface area (Å²) in [4.78, 5) is 48.5. The zero-order chi connectivity index (χ0) is 22.5. The van der Waals surface area contributed by atoms with E-state index < -0.39 is 35.8 Å². The number of rotatable bonds is 6. The number of aromatic nitrogens is 3. The van der Waals surface area contributed by atoms with Crippen LogP contribution in [0.1, 0.15) is 54.4 Å². The fourth-order valence-electron chi connectivity index (χ4n) is 3.86. The quantitative estimate of drug-likeness (QED) is 0.441. The third kappa shape index (κ3) is 5.26. The first-order valence-corrected chi connectivity index (χ1v) is 10.4. The van der Waals surface area contributed by atoms with Crippen molar-refractivity contribution in [3.05, 3.63) is 56.4 Å². The number of primary amides is 1. The van der Waals surface area contributed by atoms with Crippen LogP contribution in [0.5, 0.6) is 0 Å². The second-order valence-corrected chi connectivity index (χ2v) is 7.90.